The Kier molecular flexibility index (Phi) is 7.81. The zero-order valence-electron chi connectivity index (χ0n) is 17.5. The first kappa shape index (κ1) is 23.8. The van der Waals surface area contributed by atoms with Crippen molar-refractivity contribution in [2.45, 2.75) is 70.3 Å². The molecule has 1 unspecified atom stereocenters. The number of ether oxygens (including phenoxy) is 2. The van der Waals surface area contributed by atoms with E-state index in [0.717, 1.165) is 44.9 Å². The summed E-state index contributed by atoms with van der Waals surface area (Å²) in [6, 6.07) is 1.70. The van der Waals surface area contributed by atoms with Crippen LogP contribution in [0.25, 0.3) is 0 Å². The van der Waals surface area contributed by atoms with Crippen LogP contribution in [0.3, 0.4) is 0 Å². The Morgan fingerprint density at radius 1 is 1.00 bits per heavy atom. The summed E-state index contributed by atoms with van der Waals surface area (Å²) >= 11 is 0. The molecule has 1 aromatic rings. The number of hydrogen-bond acceptors (Lipinski definition) is 2. The van der Waals surface area contributed by atoms with Gasteiger partial charge >= 0.3 is 6.11 Å². The van der Waals surface area contributed by atoms with E-state index in [1.165, 1.54) is 0 Å². The van der Waals surface area contributed by atoms with E-state index < -0.39 is 35.5 Å². The smallest absolute Gasteiger partial charge is 0.429 e. The maximum atomic E-state index is 14.5. The first-order valence-corrected chi connectivity index (χ1v) is 10.8. The van der Waals surface area contributed by atoms with E-state index in [-0.39, 0.29) is 12.2 Å². The molecular weight excluding hydrogens is 422 g/mol. The lowest BCUT2D eigenvalue weighted by atomic mass is 9.71. The van der Waals surface area contributed by atoms with Crippen LogP contribution in [0.1, 0.15) is 63.4 Å². The van der Waals surface area contributed by atoms with Crippen LogP contribution in [-0.2, 0) is 10.8 Å². The Morgan fingerprint density at radius 3 is 2.29 bits per heavy atom. The molecule has 0 bridgehead atoms. The summed E-state index contributed by atoms with van der Waals surface area (Å²) in [5.74, 6) is -2.42. The van der Waals surface area contributed by atoms with Crippen LogP contribution < -0.4 is 4.74 Å². The highest BCUT2D eigenvalue weighted by Crippen LogP contribution is 2.43. The van der Waals surface area contributed by atoms with Gasteiger partial charge in [-0.2, -0.15) is 13.2 Å². The number of benzene rings is 1. The molecule has 0 radical (unpaired) electrons. The summed E-state index contributed by atoms with van der Waals surface area (Å²) in [5, 5.41) is 0. The van der Waals surface area contributed by atoms with Gasteiger partial charge in [0.25, 0.3) is 0 Å². The van der Waals surface area contributed by atoms with Gasteiger partial charge in [0.15, 0.2) is 11.6 Å². The molecule has 8 heteroatoms. The van der Waals surface area contributed by atoms with Crippen molar-refractivity contribution >= 4 is 0 Å². The maximum absolute atomic E-state index is 14.5. The average Bonchev–Trinajstić information content (AvgIpc) is 2.74. The maximum Gasteiger partial charge on any atom is 0.429 e. The Balaban J connectivity index is 1.54. The molecule has 2 aliphatic rings. The molecular formula is C23H28F6O2. The normalized spacial score (nSPS) is 24.8. The quantitative estimate of drug-likeness (QED) is 0.380. The minimum Gasteiger partial charge on any atom is -0.494 e. The molecule has 0 aliphatic heterocycles. The molecule has 2 aliphatic carbocycles. The molecule has 2 nitrogen and oxygen atoms in total. The van der Waals surface area contributed by atoms with Crippen molar-refractivity contribution in [3.05, 3.63) is 41.2 Å². The molecule has 0 aromatic heterocycles. The molecule has 1 fully saturated rings. The minimum absolute atomic E-state index is 0.0465. The molecule has 0 heterocycles. The summed E-state index contributed by atoms with van der Waals surface area (Å²) < 4.78 is 91.0. The number of halogens is 6. The monoisotopic (exact) mass is 450 g/mol. The Morgan fingerprint density at radius 2 is 1.71 bits per heavy atom. The summed E-state index contributed by atoms with van der Waals surface area (Å²) in [4.78, 5) is 0. The predicted molar refractivity (Wildman–Crippen MR) is 104 cm³/mol. The molecule has 1 saturated carbocycles. The Labute approximate surface area is 178 Å². The second kappa shape index (κ2) is 10.2. The van der Waals surface area contributed by atoms with Crippen molar-refractivity contribution in [2.75, 3.05) is 7.11 Å². The van der Waals surface area contributed by atoms with E-state index in [4.69, 9.17) is 4.74 Å². The summed E-state index contributed by atoms with van der Waals surface area (Å²) in [7, 11) is 1.12. The van der Waals surface area contributed by atoms with Crippen LogP contribution in [0.2, 0.25) is 0 Å². The predicted octanol–water partition coefficient (Wildman–Crippen LogP) is 7.58. The number of allylic oxidation sites excluding steroid dienone is 2. The van der Waals surface area contributed by atoms with Gasteiger partial charge in [-0.3, -0.25) is 0 Å². The molecule has 0 spiro atoms. The fourth-order valence-corrected chi connectivity index (χ4v) is 4.80. The van der Waals surface area contributed by atoms with E-state index in [0.29, 0.717) is 43.4 Å². The van der Waals surface area contributed by atoms with E-state index in [1.54, 1.807) is 6.08 Å². The van der Waals surface area contributed by atoms with Gasteiger partial charge in [0, 0.05) is 12.8 Å². The molecule has 3 rings (SSSR count). The standard InChI is InChI=1S/C23H28F6O2/c1-30-19-12-11-18(21(26)22(19)27)23(28,29)31-17-9-7-16(8-10-17)15-5-2-14(3-6-15)4-13-20(24)25/h9,11-12,14-16,20H,2-8,10,13H2,1H3. The van der Waals surface area contributed by atoms with Gasteiger partial charge in [0.1, 0.15) is 5.56 Å². The third-order valence-corrected chi connectivity index (χ3v) is 6.60. The van der Waals surface area contributed by atoms with Crippen molar-refractivity contribution in [1.82, 2.24) is 0 Å². The van der Waals surface area contributed by atoms with Gasteiger partial charge in [-0.05, 0) is 68.1 Å². The van der Waals surface area contributed by atoms with Gasteiger partial charge in [0.2, 0.25) is 12.2 Å². The number of rotatable bonds is 8. The van der Waals surface area contributed by atoms with Crippen molar-refractivity contribution in [3.8, 4) is 5.75 Å². The van der Waals surface area contributed by atoms with E-state index in [9.17, 15) is 26.3 Å². The highest BCUT2D eigenvalue weighted by atomic mass is 19.3. The molecule has 174 valence electrons. The molecule has 0 amide bonds. The number of methoxy groups -OCH3 is 1. The third-order valence-electron chi connectivity index (χ3n) is 6.60. The lowest BCUT2D eigenvalue weighted by Crippen LogP contribution is -2.25. The third kappa shape index (κ3) is 5.89. The molecule has 31 heavy (non-hydrogen) atoms. The second-order valence-electron chi connectivity index (χ2n) is 8.52. The number of hydrogen-bond donors (Lipinski definition) is 0. The van der Waals surface area contributed by atoms with Crippen LogP contribution >= 0.6 is 0 Å². The molecule has 0 saturated heterocycles. The van der Waals surface area contributed by atoms with Crippen LogP contribution in [0.15, 0.2) is 24.0 Å². The van der Waals surface area contributed by atoms with Crippen molar-refractivity contribution in [3.63, 3.8) is 0 Å². The summed E-state index contributed by atoms with van der Waals surface area (Å²) in [6.07, 6.45) is 1.23. The largest absolute Gasteiger partial charge is 0.494 e. The Hall–Kier alpha value is -1.86. The lowest BCUT2D eigenvalue weighted by Gasteiger charge is -2.35. The van der Waals surface area contributed by atoms with Crippen LogP contribution in [0.4, 0.5) is 26.3 Å². The summed E-state index contributed by atoms with van der Waals surface area (Å²) in [5.41, 5.74) is -1.17. The highest BCUT2D eigenvalue weighted by molar-refractivity contribution is 5.32. The van der Waals surface area contributed by atoms with Gasteiger partial charge < -0.3 is 9.47 Å². The van der Waals surface area contributed by atoms with Gasteiger partial charge in [-0.25, -0.2) is 13.2 Å². The minimum atomic E-state index is -4.00. The first-order chi connectivity index (χ1) is 14.7. The highest BCUT2D eigenvalue weighted by Gasteiger charge is 2.40. The molecule has 1 aromatic carbocycles. The van der Waals surface area contributed by atoms with E-state index in [1.807, 2.05) is 0 Å². The zero-order valence-corrected chi connectivity index (χ0v) is 17.5. The lowest BCUT2D eigenvalue weighted by molar-refractivity contribution is -0.228. The average molecular weight is 450 g/mol. The van der Waals surface area contributed by atoms with Crippen molar-refractivity contribution in [2.24, 2.45) is 17.8 Å². The van der Waals surface area contributed by atoms with Crippen LogP contribution in [0.5, 0.6) is 5.75 Å². The van der Waals surface area contributed by atoms with E-state index >= 15 is 0 Å². The van der Waals surface area contributed by atoms with Gasteiger partial charge in [-0.15, -0.1) is 0 Å². The first-order valence-electron chi connectivity index (χ1n) is 10.8. The summed E-state index contributed by atoms with van der Waals surface area (Å²) in [6.45, 7) is 0. The second-order valence-corrected chi connectivity index (χ2v) is 8.52. The molecule has 0 N–H and O–H groups in total. The fourth-order valence-electron chi connectivity index (χ4n) is 4.80. The van der Waals surface area contributed by atoms with Gasteiger partial charge in [0.05, 0.1) is 12.9 Å². The van der Waals surface area contributed by atoms with E-state index in [2.05, 4.69) is 4.74 Å². The zero-order chi connectivity index (χ0) is 22.6. The molecule has 1 atom stereocenters. The van der Waals surface area contributed by atoms with Crippen molar-refractivity contribution < 1.29 is 35.8 Å². The Bertz CT molecular complexity index is 772. The topological polar surface area (TPSA) is 18.5 Å². The number of alkyl halides is 4. The van der Waals surface area contributed by atoms with Gasteiger partial charge in [-0.1, -0.05) is 12.8 Å². The van der Waals surface area contributed by atoms with Crippen molar-refractivity contribution in [1.29, 1.82) is 0 Å². The van der Waals surface area contributed by atoms with Crippen LogP contribution in [0, 0.1) is 29.4 Å². The fraction of sp³-hybridized carbons (Fsp3) is 0.652. The van der Waals surface area contributed by atoms with Crippen LogP contribution in [-0.4, -0.2) is 13.5 Å². The SMILES string of the molecule is COc1ccc(C(F)(F)OC2=CCC(C3CCC(CCC(F)F)CC3)CC2)c(F)c1F.